The molecule has 0 saturated heterocycles. The number of carbonyl (C=O) groups excluding carboxylic acids is 5. The maximum atomic E-state index is 12.6. The van der Waals surface area contributed by atoms with Gasteiger partial charge in [-0.25, -0.2) is 4.79 Å². The minimum Gasteiger partial charge on any atom is -0.434 e. The van der Waals surface area contributed by atoms with Gasteiger partial charge < -0.3 is 24.8 Å². The number of hydrogen-bond acceptors (Lipinski definition) is 8. The molecule has 0 spiro atoms. The SMILES string of the molecule is CCOC(=O)Oc1ccc(C(=O)NCCCNC(=O)c2ccc3c(c2)C(=O)N(CCCOC)C3=O)cc1. The van der Waals surface area contributed by atoms with Gasteiger partial charge in [-0.1, -0.05) is 0 Å². The van der Waals surface area contributed by atoms with E-state index in [0.29, 0.717) is 38.1 Å². The standard InChI is InChI=1S/C26H29N3O8/c1-3-36-26(34)37-19-9-6-17(7-10-19)22(30)27-12-4-13-28-23(31)18-8-11-20-21(16-18)25(33)29(24(20)32)14-5-15-35-2/h6-11,16H,3-5,12-15H2,1-2H3,(H,27,30)(H,28,31). The highest BCUT2D eigenvalue weighted by Gasteiger charge is 2.35. The summed E-state index contributed by atoms with van der Waals surface area (Å²) >= 11 is 0. The van der Waals surface area contributed by atoms with Crippen molar-refractivity contribution in [3.63, 3.8) is 0 Å². The summed E-state index contributed by atoms with van der Waals surface area (Å²) in [5.41, 5.74) is 1.14. The van der Waals surface area contributed by atoms with Crippen molar-refractivity contribution in [2.24, 2.45) is 0 Å². The van der Waals surface area contributed by atoms with Crippen molar-refractivity contribution in [2.45, 2.75) is 19.8 Å². The molecule has 11 nitrogen and oxygen atoms in total. The van der Waals surface area contributed by atoms with Crippen LogP contribution in [0.15, 0.2) is 42.5 Å². The smallest absolute Gasteiger partial charge is 0.434 e. The minimum atomic E-state index is -0.818. The predicted octanol–water partition coefficient (Wildman–Crippen LogP) is 2.40. The summed E-state index contributed by atoms with van der Waals surface area (Å²) in [4.78, 5) is 62.4. The van der Waals surface area contributed by atoms with Gasteiger partial charge in [0.2, 0.25) is 0 Å². The number of amides is 4. The molecule has 0 saturated carbocycles. The van der Waals surface area contributed by atoms with Gasteiger partial charge in [0.15, 0.2) is 0 Å². The zero-order valence-corrected chi connectivity index (χ0v) is 20.7. The highest BCUT2D eigenvalue weighted by molar-refractivity contribution is 6.22. The van der Waals surface area contributed by atoms with Crippen LogP contribution in [-0.4, -0.2) is 74.6 Å². The first-order chi connectivity index (χ1) is 17.8. The number of rotatable bonds is 12. The van der Waals surface area contributed by atoms with Crippen LogP contribution in [0.3, 0.4) is 0 Å². The normalized spacial score (nSPS) is 12.2. The summed E-state index contributed by atoms with van der Waals surface area (Å²) in [6.45, 7) is 3.14. The van der Waals surface area contributed by atoms with Gasteiger partial charge >= 0.3 is 6.16 Å². The first-order valence-electron chi connectivity index (χ1n) is 11.9. The summed E-state index contributed by atoms with van der Waals surface area (Å²) < 4.78 is 14.6. The lowest BCUT2D eigenvalue weighted by atomic mass is 10.1. The molecule has 2 N–H and O–H groups in total. The fraction of sp³-hybridized carbons (Fsp3) is 0.346. The van der Waals surface area contributed by atoms with E-state index in [1.807, 2.05) is 0 Å². The molecule has 0 aromatic heterocycles. The van der Waals surface area contributed by atoms with Crippen molar-refractivity contribution in [3.05, 3.63) is 64.7 Å². The number of methoxy groups -OCH3 is 1. The molecule has 4 amide bonds. The van der Waals surface area contributed by atoms with E-state index in [9.17, 15) is 24.0 Å². The lowest BCUT2D eigenvalue weighted by Gasteiger charge is -2.12. The predicted molar refractivity (Wildman–Crippen MR) is 132 cm³/mol. The molecule has 1 aliphatic heterocycles. The number of carbonyl (C=O) groups is 5. The Labute approximate surface area is 214 Å². The third kappa shape index (κ3) is 7.14. The Balaban J connectivity index is 1.42. The van der Waals surface area contributed by atoms with Crippen molar-refractivity contribution in [1.82, 2.24) is 15.5 Å². The van der Waals surface area contributed by atoms with Crippen LogP contribution < -0.4 is 15.4 Å². The zero-order valence-electron chi connectivity index (χ0n) is 20.7. The molecular weight excluding hydrogens is 482 g/mol. The molecule has 37 heavy (non-hydrogen) atoms. The third-order valence-electron chi connectivity index (χ3n) is 5.47. The second-order valence-corrected chi connectivity index (χ2v) is 8.04. The maximum Gasteiger partial charge on any atom is 0.513 e. The monoisotopic (exact) mass is 511 g/mol. The highest BCUT2D eigenvalue weighted by Crippen LogP contribution is 2.24. The van der Waals surface area contributed by atoms with E-state index in [4.69, 9.17) is 9.47 Å². The molecule has 2 aromatic rings. The Kier molecular flexibility index (Phi) is 9.73. The van der Waals surface area contributed by atoms with Gasteiger partial charge in [0.1, 0.15) is 5.75 Å². The van der Waals surface area contributed by atoms with Gasteiger partial charge in [-0.3, -0.25) is 24.1 Å². The van der Waals surface area contributed by atoms with E-state index in [2.05, 4.69) is 15.4 Å². The highest BCUT2D eigenvalue weighted by atomic mass is 16.7. The Morgan fingerprint density at radius 2 is 1.46 bits per heavy atom. The largest absolute Gasteiger partial charge is 0.513 e. The summed E-state index contributed by atoms with van der Waals surface area (Å²) in [7, 11) is 1.55. The average Bonchev–Trinajstić information content (AvgIpc) is 3.13. The van der Waals surface area contributed by atoms with E-state index in [-0.39, 0.29) is 53.3 Å². The number of nitrogens with zero attached hydrogens (tertiary/aromatic N) is 1. The fourth-order valence-corrected chi connectivity index (χ4v) is 3.62. The second-order valence-electron chi connectivity index (χ2n) is 8.04. The van der Waals surface area contributed by atoms with Crippen LogP contribution in [-0.2, 0) is 9.47 Å². The molecule has 3 rings (SSSR count). The van der Waals surface area contributed by atoms with Gasteiger partial charge in [-0.2, -0.15) is 0 Å². The first kappa shape index (κ1) is 27.3. The Hall–Kier alpha value is -4.25. The molecule has 11 heteroatoms. The van der Waals surface area contributed by atoms with Crippen LogP contribution in [0.4, 0.5) is 4.79 Å². The summed E-state index contributed by atoms with van der Waals surface area (Å²) in [5, 5.41) is 5.49. The number of nitrogens with one attached hydrogen (secondary N) is 2. The molecule has 0 radical (unpaired) electrons. The van der Waals surface area contributed by atoms with E-state index < -0.39 is 12.1 Å². The number of fused-ring (bicyclic) bond motifs is 1. The molecule has 0 fully saturated rings. The molecule has 1 aliphatic rings. The van der Waals surface area contributed by atoms with Gasteiger partial charge in [0.05, 0.1) is 17.7 Å². The average molecular weight is 512 g/mol. The van der Waals surface area contributed by atoms with Crippen molar-refractivity contribution < 1.29 is 38.2 Å². The van der Waals surface area contributed by atoms with E-state index in [1.165, 1.54) is 42.5 Å². The second kappa shape index (κ2) is 13.2. The number of hydrogen-bond donors (Lipinski definition) is 2. The Bertz CT molecular complexity index is 1160. The first-order valence-corrected chi connectivity index (χ1v) is 11.9. The van der Waals surface area contributed by atoms with Crippen LogP contribution >= 0.6 is 0 Å². The molecule has 196 valence electrons. The maximum absolute atomic E-state index is 12.6. The summed E-state index contributed by atoms with van der Waals surface area (Å²) in [6, 6.07) is 10.4. The molecule has 0 bridgehead atoms. The zero-order chi connectivity index (χ0) is 26.8. The fourth-order valence-electron chi connectivity index (χ4n) is 3.62. The number of ether oxygens (including phenoxy) is 3. The van der Waals surface area contributed by atoms with E-state index >= 15 is 0 Å². The molecule has 2 aromatic carbocycles. The third-order valence-corrected chi connectivity index (χ3v) is 5.47. The van der Waals surface area contributed by atoms with Crippen molar-refractivity contribution in [3.8, 4) is 5.75 Å². The van der Waals surface area contributed by atoms with Crippen molar-refractivity contribution >= 4 is 29.8 Å². The van der Waals surface area contributed by atoms with Crippen LogP contribution in [0, 0.1) is 0 Å². The van der Waals surface area contributed by atoms with Crippen LogP contribution in [0.2, 0.25) is 0 Å². The van der Waals surface area contributed by atoms with Gasteiger partial charge in [-0.05, 0) is 62.2 Å². The van der Waals surface area contributed by atoms with E-state index in [1.54, 1.807) is 14.0 Å². The molecule has 1 heterocycles. The quantitative estimate of drug-likeness (QED) is 0.192. The van der Waals surface area contributed by atoms with E-state index in [0.717, 1.165) is 4.90 Å². The molecule has 0 unspecified atom stereocenters. The number of imide groups is 1. The molecular formula is C26H29N3O8. The van der Waals surface area contributed by atoms with Crippen molar-refractivity contribution in [2.75, 3.05) is 40.0 Å². The van der Waals surface area contributed by atoms with Gasteiger partial charge in [0.25, 0.3) is 23.6 Å². The summed E-state index contributed by atoms with van der Waals surface area (Å²) in [6.07, 6.45) is 0.180. The summed E-state index contributed by atoms with van der Waals surface area (Å²) in [5.74, 6) is -1.24. The molecule has 0 atom stereocenters. The van der Waals surface area contributed by atoms with Gasteiger partial charge in [0, 0.05) is 44.5 Å². The van der Waals surface area contributed by atoms with Crippen LogP contribution in [0.1, 0.15) is 61.2 Å². The van der Waals surface area contributed by atoms with Crippen LogP contribution in [0.25, 0.3) is 0 Å². The molecule has 0 aliphatic carbocycles. The minimum absolute atomic E-state index is 0.197. The van der Waals surface area contributed by atoms with Gasteiger partial charge in [-0.15, -0.1) is 0 Å². The van der Waals surface area contributed by atoms with Crippen LogP contribution in [0.5, 0.6) is 5.75 Å². The Morgan fingerprint density at radius 1 is 0.838 bits per heavy atom. The number of benzene rings is 2. The lowest BCUT2D eigenvalue weighted by Crippen LogP contribution is -2.31. The topological polar surface area (TPSA) is 140 Å². The Morgan fingerprint density at radius 3 is 2.11 bits per heavy atom. The lowest BCUT2D eigenvalue weighted by molar-refractivity contribution is 0.0637. The van der Waals surface area contributed by atoms with Crippen molar-refractivity contribution in [1.29, 1.82) is 0 Å².